The summed E-state index contributed by atoms with van der Waals surface area (Å²) in [6, 6.07) is 16.3. The number of sulfonamides is 1. The van der Waals surface area contributed by atoms with Crippen molar-refractivity contribution in [2.45, 2.75) is 4.90 Å². The van der Waals surface area contributed by atoms with Gasteiger partial charge in [-0.2, -0.15) is 0 Å². The number of benzene rings is 2. The molecule has 0 aliphatic heterocycles. The molecule has 1 aromatic heterocycles. The summed E-state index contributed by atoms with van der Waals surface area (Å²) in [5, 5.41) is 10.4. The molecule has 0 spiro atoms. The Bertz CT molecular complexity index is 1240. The van der Waals surface area contributed by atoms with Crippen molar-refractivity contribution in [2.75, 3.05) is 10.6 Å². The van der Waals surface area contributed by atoms with E-state index in [9.17, 15) is 18.0 Å². The fraction of sp³-hybridized carbons (Fsp3) is 0. The number of nitrogens with one attached hydrogen (secondary N) is 2. The predicted octanol–water partition coefficient (Wildman–Crippen LogP) is 3.29. The Labute approximate surface area is 187 Å². The summed E-state index contributed by atoms with van der Waals surface area (Å²) in [4.78, 5) is 28.0. The number of amides is 2. The van der Waals surface area contributed by atoms with E-state index in [2.05, 4.69) is 31.5 Å². The molecule has 0 radical (unpaired) electrons. The highest BCUT2D eigenvalue weighted by molar-refractivity contribution is 9.10. The molecule has 3 rings (SSSR count). The highest BCUT2D eigenvalue weighted by atomic mass is 79.9. The van der Waals surface area contributed by atoms with E-state index in [0.717, 1.165) is 16.6 Å². The van der Waals surface area contributed by atoms with Gasteiger partial charge < -0.3 is 10.6 Å². The van der Waals surface area contributed by atoms with Crippen molar-refractivity contribution in [2.24, 2.45) is 5.14 Å². The quantitative estimate of drug-likeness (QED) is 0.446. The Morgan fingerprint density at radius 1 is 0.903 bits per heavy atom. The molecule has 8 nitrogen and oxygen atoms in total. The molecule has 2 aromatic carbocycles. The van der Waals surface area contributed by atoms with E-state index in [1.54, 1.807) is 54.6 Å². The second kappa shape index (κ2) is 9.65. The molecule has 0 saturated heterocycles. The molecule has 0 aliphatic carbocycles. The van der Waals surface area contributed by atoms with Gasteiger partial charge in [0.25, 0.3) is 0 Å². The van der Waals surface area contributed by atoms with Crippen molar-refractivity contribution >= 4 is 49.3 Å². The molecule has 3 aromatic rings. The Hall–Kier alpha value is -3.34. The van der Waals surface area contributed by atoms with Crippen LogP contribution < -0.4 is 15.8 Å². The van der Waals surface area contributed by atoms with Crippen molar-refractivity contribution in [3.8, 4) is 11.1 Å². The van der Waals surface area contributed by atoms with E-state index in [4.69, 9.17) is 5.14 Å². The van der Waals surface area contributed by atoms with Crippen LogP contribution in [-0.2, 0) is 19.6 Å². The van der Waals surface area contributed by atoms with Gasteiger partial charge in [0.2, 0.25) is 21.8 Å². The minimum Gasteiger partial charge on any atom is -0.323 e. The average Bonchev–Trinajstić information content (AvgIpc) is 2.74. The first kappa shape index (κ1) is 22.3. The molecule has 1 heterocycles. The summed E-state index contributed by atoms with van der Waals surface area (Å²) < 4.78 is 24.3. The van der Waals surface area contributed by atoms with E-state index in [1.807, 2.05) is 0 Å². The zero-order valence-corrected chi connectivity index (χ0v) is 18.4. The third-order valence-corrected chi connectivity index (χ3v) is 5.46. The Morgan fingerprint density at radius 2 is 1.55 bits per heavy atom. The number of carbonyl (C=O) groups is 2. The first-order chi connectivity index (χ1) is 14.7. The highest BCUT2D eigenvalue weighted by Gasteiger charge is 2.14. The van der Waals surface area contributed by atoms with Gasteiger partial charge in [-0.15, -0.1) is 0 Å². The van der Waals surface area contributed by atoms with Crippen LogP contribution in [0.3, 0.4) is 0 Å². The number of hydrogen-bond acceptors (Lipinski definition) is 5. The fourth-order valence-corrected chi connectivity index (χ4v) is 3.63. The van der Waals surface area contributed by atoms with Crippen molar-refractivity contribution in [1.82, 2.24) is 4.98 Å². The zero-order chi connectivity index (χ0) is 22.4. The van der Waals surface area contributed by atoms with Gasteiger partial charge in [0.05, 0.1) is 4.90 Å². The minimum absolute atomic E-state index is 0.0148. The first-order valence-corrected chi connectivity index (χ1v) is 11.2. The number of rotatable bonds is 6. The Morgan fingerprint density at radius 3 is 2.16 bits per heavy atom. The van der Waals surface area contributed by atoms with Crippen LogP contribution in [0.25, 0.3) is 11.1 Å². The number of hydrogen-bond donors (Lipinski definition) is 3. The molecule has 0 fully saturated rings. The molecule has 0 saturated carbocycles. The number of pyridine rings is 1. The molecule has 0 unspecified atom stereocenters. The lowest BCUT2D eigenvalue weighted by atomic mass is 10.1. The van der Waals surface area contributed by atoms with Crippen LogP contribution in [0.15, 0.2) is 88.4 Å². The zero-order valence-electron chi connectivity index (χ0n) is 15.9. The minimum atomic E-state index is -3.87. The Kier molecular flexibility index (Phi) is 6.95. The van der Waals surface area contributed by atoms with Gasteiger partial charge in [-0.25, -0.2) is 18.5 Å². The van der Waals surface area contributed by atoms with E-state index in [1.165, 1.54) is 12.3 Å². The smallest absolute Gasteiger partial charge is 0.249 e. The van der Waals surface area contributed by atoms with Crippen LogP contribution in [-0.4, -0.2) is 25.2 Å². The maximum absolute atomic E-state index is 12.1. The second-order valence-electron chi connectivity index (χ2n) is 6.29. The summed E-state index contributed by atoms with van der Waals surface area (Å²) in [6.07, 6.45) is 3.73. The molecular formula is C21H17BrN4O4S. The van der Waals surface area contributed by atoms with Gasteiger partial charge in [0, 0.05) is 34.1 Å². The largest absolute Gasteiger partial charge is 0.323 e. The van der Waals surface area contributed by atoms with Crippen LogP contribution in [0.1, 0.15) is 0 Å². The number of anilines is 2. The molecule has 158 valence electrons. The van der Waals surface area contributed by atoms with E-state index in [0.29, 0.717) is 22.6 Å². The second-order valence-corrected chi connectivity index (χ2v) is 8.74. The standard InChI is InChI=1S/C21H17BrN4O4S/c22-15-7-10-19(24-13-15)26-21(28)12-11-20(27)25-16-8-5-14(6-9-16)17-3-1-2-4-18(17)31(23,29)30/h1-13H,(H,25,27)(H2,23,29,30)(H,24,26,28). The summed E-state index contributed by atoms with van der Waals surface area (Å²) in [5.74, 6) is -0.648. The van der Waals surface area contributed by atoms with Crippen LogP contribution in [0.2, 0.25) is 0 Å². The number of halogens is 1. The topological polar surface area (TPSA) is 131 Å². The first-order valence-electron chi connectivity index (χ1n) is 8.86. The molecule has 0 atom stereocenters. The maximum Gasteiger partial charge on any atom is 0.249 e. The van der Waals surface area contributed by atoms with Crippen LogP contribution in [0.5, 0.6) is 0 Å². The van der Waals surface area contributed by atoms with E-state index in [-0.39, 0.29) is 4.90 Å². The average molecular weight is 501 g/mol. The molecule has 0 aliphatic rings. The lowest BCUT2D eigenvalue weighted by molar-refractivity contribution is -0.114. The predicted molar refractivity (Wildman–Crippen MR) is 122 cm³/mol. The monoisotopic (exact) mass is 500 g/mol. The number of nitrogens with zero attached hydrogens (tertiary/aromatic N) is 1. The van der Waals surface area contributed by atoms with Crippen molar-refractivity contribution in [1.29, 1.82) is 0 Å². The van der Waals surface area contributed by atoms with Crippen molar-refractivity contribution in [3.05, 3.63) is 83.5 Å². The van der Waals surface area contributed by atoms with Gasteiger partial charge in [0.1, 0.15) is 5.82 Å². The molecule has 0 bridgehead atoms. The maximum atomic E-state index is 12.1. The normalized spacial score (nSPS) is 11.3. The molecule has 10 heteroatoms. The van der Waals surface area contributed by atoms with Crippen molar-refractivity contribution < 1.29 is 18.0 Å². The number of primary sulfonamides is 1. The van der Waals surface area contributed by atoms with Crippen LogP contribution in [0.4, 0.5) is 11.5 Å². The highest BCUT2D eigenvalue weighted by Crippen LogP contribution is 2.27. The third kappa shape index (κ3) is 6.32. The molecular weight excluding hydrogens is 484 g/mol. The number of carbonyl (C=O) groups excluding carboxylic acids is 2. The van der Waals surface area contributed by atoms with Gasteiger partial charge >= 0.3 is 0 Å². The molecule has 4 N–H and O–H groups in total. The number of aromatic nitrogens is 1. The molecule has 31 heavy (non-hydrogen) atoms. The van der Waals surface area contributed by atoms with Gasteiger partial charge in [-0.3, -0.25) is 9.59 Å². The van der Waals surface area contributed by atoms with E-state index >= 15 is 0 Å². The van der Waals surface area contributed by atoms with Crippen LogP contribution >= 0.6 is 15.9 Å². The third-order valence-electron chi connectivity index (χ3n) is 4.02. The van der Waals surface area contributed by atoms with Crippen molar-refractivity contribution in [3.63, 3.8) is 0 Å². The lowest BCUT2D eigenvalue weighted by Crippen LogP contribution is -2.13. The fourth-order valence-electron chi connectivity index (χ4n) is 2.64. The van der Waals surface area contributed by atoms with E-state index < -0.39 is 21.8 Å². The SMILES string of the molecule is NS(=O)(=O)c1ccccc1-c1ccc(NC(=O)C=CC(=O)Nc2ccc(Br)cn2)cc1. The number of nitrogens with two attached hydrogens (primary N) is 1. The van der Waals surface area contributed by atoms with Gasteiger partial charge in [0.15, 0.2) is 0 Å². The summed E-state index contributed by atoms with van der Waals surface area (Å²) in [7, 11) is -3.87. The Balaban J connectivity index is 1.63. The van der Waals surface area contributed by atoms with Crippen LogP contribution in [0, 0.1) is 0 Å². The van der Waals surface area contributed by atoms with Gasteiger partial charge in [-0.1, -0.05) is 30.3 Å². The summed E-state index contributed by atoms with van der Waals surface area (Å²) >= 11 is 3.25. The summed E-state index contributed by atoms with van der Waals surface area (Å²) in [5.41, 5.74) is 1.56. The molecule has 2 amide bonds. The van der Waals surface area contributed by atoms with Gasteiger partial charge in [-0.05, 0) is 51.8 Å². The lowest BCUT2D eigenvalue weighted by Gasteiger charge is -2.09. The summed E-state index contributed by atoms with van der Waals surface area (Å²) in [6.45, 7) is 0.